The number of ether oxygens (including phenoxy) is 1. The highest BCUT2D eigenvalue weighted by atomic mass is 19.4. The van der Waals surface area contributed by atoms with E-state index in [1.165, 1.54) is 25.0 Å². The van der Waals surface area contributed by atoms with Crippen LogP contribution in [0.15, 0.2) is 60.8 Å². The molecule has 1 aliphatic rings. The average molecular weight is 440 g/mol. The van der Waals surface area contributed by atoms with Crippen LogP contribution in [-0.2, 0) is 6.18 Å². The van der Waals surface area contributed by atoms with Gasteiger partial charge in [0.1, 0.15) is 6.10 Å². The van der Waals surface area contributed by atoms with Crippen LogP contribution in [-0.4, -0.2) is 23.0 Å². The van der Waals surface area contributed by atoms with Crippen molar-refractivity contribution in [3.63, 3.8) is 0 Å². The van der Waals surface area contributed by atoms with Gasteiger partial charge in [0.05, 0.1) is 12.1 Å². The van der Waals surface area contributed by atoms with Gasteiger partial charge in [-0.2, -0.15) is 13.2 Å². The van der Waals surface area contributed by atoms with Gasteiger partial charge in [-0.15, -0.1) is 0 Å². The van der Waals surface area contributed by atoms with E-state index in [1.54, 1.807) is 25.3 Å². The molecule has 2 N–H and O–H groups in total. The van der Waals surface area contributed by atoms with Gasteiger partial charge in [0, 0.05) is 17.3 Å². The molecule has 4 nitrogen and oxygen atoms in total. The summed E-state index contributed by atoms with van der Waals surface area (Å²) in [6, 6.07) is 15.1. The van der Waals surface area contributed by atoms with E-state index in [2.05, 4.69) is 16.4 Å². The molecule has 7 heteroatoms. The maximum atomic E-state index is 13.4. The maximum Gasteiger partial charge on any atom is 0.416 e. The molecule has 1 aromatic heterocycles. The van der Waals surface area contributed by atoms with Gasteiger partial charge in [-0.1, -0.05) is 42.5 Å². The number of alkyl halides is 3. The third kappa shape index (κ3) is 5.05. The van der Waals surface area contributed by atoms with Crippen molar-refractivity contribution in [3.05, 3.63) is 84.0 Å². The summed E-state index contributed by atoms with van der Waals surface area (Å²) in [4.78, 5) is 6.50. The monoisotopic (exact) mass is 440 g/mol. The number of nitrogens with two attached hydrogens (primary N) is 1. The Hall–Kier alpha value is -3.06. The highest BCUT2D eigenvalue weighted by molar-refractivity contribution is 5.67. The van der Waals surface area contributed by atoms with Crippen molar-refractivity contribution in [1.29, 1.82) is 0 Å². The fourth-order valence-electron chi connectivity index (χ4n) is 3.91. The van der Waals surface area contributed by atoms with Gasteiger partial charge in [0.25, 0.3) is 0 Å². The lowest BCUT2D eigenvalue weighted by molar-refractivity contribution is -0.138. The number of nitrogen functional groups attached to an aromatic ring is 1. The minimum atomic E-state index is -4.46. The van der Waals surface area contributed by atoms with Crippen LogP contribution in [0.5, 0.6) is 5.75 Å². The van der Waals surface area contributed by atoms with Crippen LogP contribution >= 0.6 is 0 Å². The molecule has 0 saturated carbocycles. The first-order valence-corrected chi connectivity index (χ1v) is 10.6. The Kier molecular flexibility index (Phi) is 6.37. The van der Waals surface area contributed by atoms with E-state index in [-0.39, 0.29) is 17.1 Å². The van der Waals surface area contributed by atoms with Crippen LogP contribution in [0, 0.1) is 6.54 Å². The molecular weight excluding hydrogens is 415 g/mol. The summed E-state index contributed by atoms with van der Waals surface area (Å²) in [6.07, 6.45) is -1.24. The zero-order chi connectivity index (χ0) is 22.7. The van der Waals surface area contributed by atoms with Crippen molar-refractivity contribution >= 4 is 5.82 Å². The maximum absolute atomic E-state index is 13.4. The number of hydrogen-bond acceptors (Lipinski definition) is 4. The van der Waals surface area contributed by atoms with Gasteiger partial charge in [-0.25, -0.2) is 4.98 Å². The van der Waals surface area contributed by atoms with Crippen LogP contribution in [0.4, 0.5) is 19.0 Å². The summed E-state index contributed by atoms with van der Waals surface area (Å²) in [5.74, 6) is 0.378. The number of pyridine rings is 1. The summed E-state index contributed by atoms with van der Waals surface area (Å²) in [7, 11) is 0. The summed E-state index contributed by atoms with van der Waals surface area (Å²) in [6.45, 7) is 5.89. The number of likely N-dealkylation sites (tertiary alicyclic amines) is 1. The second-order valence-corrected chi connectivity index (χ2v) is 7.95. The normalized spacial score (nSPS) is 15.6. The molecule has 2 aromatic carbocycles. The van der Waals surface area contributed by atoms with Crippen molar-refractivity contribution in [2.45, 2.75) is 32.0 Å². The summed E-state index contributed by atoms with van der Waals surface area (Å²) < 4.78 is 46.0. The Morgan fingerprint density at radius 1 is 1.03 bits per heavy atom. The third-order valence-electron chi connectivity index (χ3n) is 5.61. The Bertz CT molecular complexity index is 1060. The smallest absolute Gasteiger partial charge is 0.416 e. The lowest BCUT2D eigenvalue weighted by Crippen LogP contribution is -2.15. The molecule has 1 saturated heterocycles. The van der Waals surface area contributed by atoms with E-state index in [9.17, 15) is 13.2 Å². The van der Waals surface area contributed by atoms with Crippen LogP contribution in [0.1, 0.15) is 42.6 Å². The molecular formula is C25H25F3N3O. The van der Waals surface area contributed by atoms with Gasteiger partial charge in [0.15, 0.2) is 11.6 Å². The molecule has 4 rings (SSSR count). The van der Waals surface area contributed by atoms with E-state index in [0.717, 1.165) is 35.8 Å². The van der Waals surface area contributed by atoms with E-state index in [1.807, 2.05) is 24.3 Å². The van der Waals surface area contributed by atoms with Crippen molar-refractivity contribution in [2.75, 3.05) is 18.8 Å². The van der Waals surface area contributed by atoms with E-state index < -0.39 is 17.8 Å². The minimum Gasteiger partial charge on any atom is -0.482 e. The zero-order valence-corrected chi connectivity index (χ0v) is 17.8. The van der Waals surface area contributed by atoms with Gasteiger partial charge >= 0.3 is 6.18 Å². The van der Waals surface area contributed by atoms with E-state index in [4.69, 9.17) is 10.5 Å². The van der Waals surface area contributed by atoms with Crippen molar-refractivity contribution in [3.8, 4) is 16.9 Å². The molecule has 1 aliphatic heterocycles. The number of anilines is 1. The Labute approximate surface area is 185 Å². The van der Waals surface area contributed by atoms with Crippen molar-refractivity contribution < 1.29 is 17.9 Å². The van der Waals surface area contributed by atoms with E-state index >= 15 is 0 Å². The lowest BCUT2D eigenvalue weighted by atomic mass is 10.0. The second kappa shape index (κ2) is 9.20. The average Bonchev–Trinajstić information content (AvgIpc) is 3.28. The van der Waals surface area contributed by atoms with Gasteiger partial charge in [-0.3, -0.25) is 4.90 Å². The Morgan fingerprint density at radius 3 is 2.41 bits per heavy atom. The molecule has 2 heterocycles. The first-order valence-electron chi connectivity index (χ1n) is 10.6. The second-order valence-electron chi connectivity index (χ2n) is 7.95. The molecule has 1 fully saturated rings. The fourth-order valence-corrected chi connectivity index (χ4v) is 3.91. The number of nitrogens with zero attached hydrogens (tertiary/aromatic N) is 2. The summed E-state index contributed by atoms with van der Waals surface area (Å²) >= 11 is 0. The predicted molar refractivity (Wildman–Crippen MR) is 119 cm³/mol. The largest absolute Gasteiger partial charge is 0.482 e. The SMILES string of the molecule is CC(Oc1cc(-c2ccc([CH]N3CCCC3)cc2)cnc1N)c1ccccc1C(F)(F)F. The standard InChI is InChI=1S/C25H25F3N3O/c1-17(21-6-2-3-7-22(21)25(26,27)28)32-23-14-20(15-30-24(23)29)19-10-8-18(9-11-19)16-31-12-4-5-13-31/h2-3,6-11,14-17H,4-5,12-13H2,1H3,(H2,29,30). The number of aromatic nitrogens is 1. The molecule has 1 radical (unpaired) electrons. The highest BCUT2D eigenvalue weighted by Gasteiger charge is 2.34. The molecule has 1 unspecified atom stereocenters. The van der Waals surface area contributed by atoms with E-state index in [0.29, 0.717) is 0 Å². The molecule has 32 heavy (non-hydrogen) atoms. The molecule has 0 spiro atoms. The zero-order valence-electron chi connectivity index (χ0n) is 17.8. The summed E-state index contributed by atoms with van der Waals surface area (Å²) in [5, 5.41) is 0. The molecule has 3 aromatic rings. The van der Waals surface area contributed by atoms with Crippen LogP contribution in [0.25, 0.3) is 11.1 Å². The first-order chi connectivity index (χ1) is 15.3. The Morgan fingerprint density at radius 2 is 1.72 bits per heavy atom. The Balaban J connectivity index is 1.53. The summed E-state index contributed by atoms with van der Waals surface area (Å²) in [5.41, 5.74) is 8.11. The third-order valence-corrected chi connectivity index (χ3v) is 5.61. The topological polar surface area (TPSA) is 51.4 Å². The van der Waals surface area contributed by atoms with Gasteiger partial charge < -0.3 is 10.5 Å². The minimum absolute atomic E-state index is 0.0478. The van der Waals surface area contributed by atoms with Crippen LogP contribution < -0.4 is 10.5 Å². The first kappa shape index (κ1) is 22.1. The number of hydrogen-bond donors (Lipinski definition) is 1. The fraction of sp³-hybridized carbons (Fsp3) is 0.280. The lowest BCUT2D eigenvalue weighted by Gasteiger charge is -2.20. The van der Waals surface area contributed by atoms with Crippen molar-refractivity contribution in [1.82, 2.24) is 9.88 Å². The predicted octanol–water partition coefficient (Wildman–Crippen LogP) is 6.10. The number of halogens is 3. The molecule has 0 amide bonds. The quantitative estimate of drug-likeness (QED) is 0.504. The molecule has 1 atom stereocenters. The molecule has 0 bridgehead atoms. The number of rotatable bonds is 6. The van der Waals surface area contributed by atoms with Gasteiger partial charge in [-0.05, 0) is 56.1 Å². The van der Waals surface area contributed by atoms with Crippen LogP contribution in [0.2, 0.25) is 0 Å². The molecule has 167 valence electrons. The number of benzene rings is 2. The van der Waals surface area contributed by atoms with Crippen molar-refractivity contribution in [2.24, 2.45) is 0 Å². The molecule has 0 aliphatic carbocycles. The van der Waals surface area contributed by atoms with Gasteiger partial charge in [0.2, 0.25) is 0 Å². The highest BCUT2D eigenvalue weighted by Crippen LogP contribution is 2.37. The van der Waals surface area contributed by atoms with Crippen LogP contribution in [0.3, 0.4) is 0 Å².